The Morgan fingerprint density at radius 2 is 2.15 bits per heavy atom. The molecule has 0 aliphatic carbocycles. The zero-order valence-corrected chi connectivity index (χ0v) is 7.36. The summed E-state index contributed by atoms with van der Waals surface area (Å²) < 4.78 is 4.75. The van der Waals surface area contributed by atoms with Crippen molar-refractivity contribution < 1.29 is 9.53 Å². The molecule has 0 fully saturated rings. The van der Waals surface area contributed by atoms with E-state index in [0.717, 1.165) is 0 Å². The molecule has 0 unspecified atom stereocenters. The Labute approximate surface area is 75.9 Å². The van der Waals surface area contributed by atoms with Gasteiger partial charge < -0.3 is 10.5 Å². The van der Waals surface area contributed by atoms with Crippen LogP contribution in [0.1, 0.15) is 23.1 Å². The maximum Gasteiger partial charge on any atom is 0.341 e. The van der Waals surface area contributed by atoms with Crippen LogP contribution in [0.25, 0.3) is 0 Å². The van der Waals surface area contributed by atoms with Crippen molar-refractivity contribution in [1.29, 1.82) is 0 Å². The molecule has 1 aromatic rings. The van der Waals surface area contributed by atoms with Crippen LogP contribution in [0.2, 0.25) is 0 Å². The van der Waals surface area contributed by atoms with Crippen molar-refractivity contribution in [2.24, 2.45) is 5.73 Å². The summed E-state index contributed by atoms with van der Waals surface area (Å²) in [5.74, 6) is 0.0964. The van der Waals surface area contributed by atoms with Gasteiger partial charge in [0.2, 0.25) is 0 Å². The zero-order valence-electron chi connectivity index (χ0n) is 7.36. The summed E-state index contributed by atoms with van der Waals surface area (Å²) in [7, 11) is 0. The van der Waals surface area contributed by atoms with E-state index in [1.807, 2.05) is 0 Å². The Morgan fingerprint density at radius 3 is 2.62 bits per heavy atom. The fourth-order valence-electron chi connectivity index (χ4n) is 0.780. The van der Waals surface area contributed by atoms with Gasteiger partial charge in [0.25, 0.3) is 0 Å². The van der Waals surface area contributed by atoms with Gasteiger partial charge in [0, 0.05) is 12.4 Å². The third kappa shape index (κ3) is 2.48. The normalized spacial score (nSPS) is 9.69. The van der Waals surface area contributed by atoms with Crippen LogP contribution in [-0.4, -0.2) is 22.5 Å². The first-order chi connectivity index (χ1) is 6.27. The maximum absolute atomic E-state index is 11.1. The molecule has 0 aromatic carbocycles. The van der Waals surface area contributed by atoms with Gasteiger partial charge in [0.15, 0.2) is 0 Å². The van der Waals surface area contributed by atoms with Crippen molar-refractivity contribution in [3.05, 3.63) is 23.8 Å². The van der Waals surface area contributed by atoms with Crippen LogP contribution in [0.15, 0.2) is 12.4 Å². The number of rotatable bonds is 3. The summed E-state index contributed by atoms with van der Waals surface area (Å²) in [5, 5.41) is 0. The molecule has 0 radical (unpaired) electrons. The van der Waals surface area contributed by atoms with Gasteiger partial charge in [-0.3, -0.25) is 0 Å². The van der Waals surface area contributed by atoms with Crippen molar-refractivity contribution in [1.82, 2.24) is 9.97 Å². The molecule has 0 bridgehead atoms. The van der Waals surface area contributed by atoms with Crippen LogP contribution in [0, 0.1) is 0 Å². The summed E-state index contributed by atoms with van der Waals surface area (Å²) in [6.45, 7) is 2.35. The Balaban J connectivity index is 2.74. The average Bonchev–Trinajstić information content (AvgIpc) is 2.18. The molecule has 2 N–H and O–H groups in total. The molecule has 1 heterocycles. The highest BCUT2D eigenvalue weighted by Crippen LogP contribution is 1.98. The molecule has 0 aliphatic heterocycles. The quantitative estimate of drug-likeness (QED) is 0.669. The average molecular weight is 181 g/mol. The predicted molar refractivity (Wildman–Crippen MR) is 45.9 cm³/mol. The SMILES string of the molecule is CCOC(=O)c1cnc(CN)nc1. The number of carbonyl (C=O) groups is 1. The highest BCUT2D eigenvalue weighted by molar-refractivity contribution is 5.88. The highest BCUT2D eigenvalue weighted by atomic mass is 16.5. The van der Waals surface area contributed by atoms with Gasteiger partial charge in [0.1, 0.15) is 5.82 Å². The van der Waals surface area contributed by atoms with Crippen molar-refractivity contribution in [2.75, 3.05) is 6.61 Å². The molecule has 13 heavy (non-hydrogen) atoms. The number of ether oxygens (including phenoxy) is 1. The summed E-state index contributed by atoms with van der Waals surface area (Å²) in [5.41, 5.74) is 5.64. The van der Waals surface area contributed by atoms with Crippen LogP contribution >= 0.6 is 0 Å². The minimum atomic E-state index is -0.411. The zero-order chi connectivity index (χ0) is 9.68. The number of nitrogens with two attached hydrogens (primary N) is 1. The van der Waals surface area contributed by atoms with Crippen molar-refractivity contribution in [3.8, 4) is 0 Å². The van der Waals surface area contributed by atoms with Crippen molar-refractivity contribution in [3.63, 3.8) is 0 Å². The van der Waals surface area contributed by atoms with Gasteiger partial charge in [-0.2, -0.15) is 0 Å². The van der Waals surface area contributed by atoms with E-state index in [4.69, 9.17) is 10.5 Å². The smallest absolute Gasteiger partial charge is 0.341 e. The molecule has 1 aromatic heterocycles. The summed E-state index contributed by atoms with van der Waals surface area (Å²) in [4.78, 5) is 18.8. The van der Waals surface area contributed by atoms with E-state index in [0.29, 0.717) is 18.0 Å². The number of hydrogen-bond donors (Lipinski definition) is 1. The molecule has 0 aliphatic rings. The number of carbonyl (C=O) groups excluding carboxylic acids is 1. The summed E-state index contributed by atoms with van der Waals surface area (Å²) in [6.07, 6.45) is 2.82. The Hall–Kier alpha value is -1.49. The second-order valence-corrected chi connectivity index (χ2v) is 2.31. The van der Waals surface area contributed by atoms with Gasteiger partial charge in [-0.1, -0.05) is 0 Å². The molecule has 0 amide bonds. The molecular formula is C8H11N3O2. The second-order valence-electron chi connectivity index (χ2n) is 2.31. The predicted octanol–water partition coefficient (Wildman–Crippen LogP) is 0.112. The van der Waals surface area contributed by atoms with Gasteiger partial charge in [-0.15, -0.1) is 0 Å². The lowest BCUT2D eigenvalue weighted by atomic mass is 10.3. The lowest BCUT2D eigenvalue weighted by Crippen LogP contribution is -2.08. The van der Waals surface area contributed by atoms with Crippen LogP contribution in [0.3, 0.4) is 0 Å². The van der Waals surface area contributed by atoms with Crippen LogP contribution in [-0.2, 0) is 11.3 Å². The fourth-order valence-corrected chi connectivity index (χ4v) is 0.780. The van der Waals surface area contributed by atoms with E-state index in [-0.39, 0.29) is 6.54 Å². The molecule has 0 saturated carbocycles. The van der Waals surface area contributed by atoms with E-state index in [2.05, 4.69) is 9.97 Å². The molecule has 0 atom stereocenters. The number of aromatic nitrogens is 2. The molecule has 70 valence electrons. The van der Waals surface area contributed by atoms with Crippen LogP contribution in [0.4, 0.5) is 0 Å². The first-order valence-corrected chi connectivity index (χ1v) is 3.96. The standard InChI is InChI=1S/C8H11N3O2/c1-2-13-8(12)6-4-10-7(3-9)11-5-6/h4-5H,2-3,9H2,1H3. The van der Waals surface area contributed by atoms with Gasteiger partial charge in [-0.05, 0) is 6.92 Å². The first kappa shape index (κ1) is 9.60. The van der Waals surface area contributed by atoms with Crippen molar-refractivity contribution >= 4 is 5.97 Å². The van der Waals surface area contributed by atoms with Gasteiger partial charge in [-0.25, -0.2) is 14.8 Å². The summed E-state index contributed by atoms with van der Waals surface area (Å²) >= 11 is 0. The first-order valence-electron chi connectivity index (χ1n) is 3.96. The molecule has 5 heteroatoms. The van der Waals surface area contributed by atoms with Gasteiger partial charge >= 0.3 is 5.97 Å². The Bertz CT molecular complexity index is 284. The minimum Gasteiger partial charge on any atom is -0.462 e. The van der Waals surface area contributed by atoms with E-state index in [9.17, 15) is 4.79 Å². The van der Waals surface area contributed by atoms with E-state index >= 15 is 0 Å². The lowest BCUT2D eigenvalue weighted by Gasteiger charge is -2.00. The number of esters is 1. The van der Waals surface area contributed by atoms with E-state index in [1.54, 1.807) is 6.92 Å². The van der Waals surface area contributed by atoms with Crippen LogP contribution in [0.5, 0.6) is 0 Å². The van der Waals surface area contributed by atoms with E-state index in [1.165, 1.54) is 12.4 Å². The Morgan fingerprint density at radius 1 is 1.54 bits per heavy atom. The fraction of sp³-hybridized carbons (Fsp3) is 0.375. The lowest BCUT2D eigenvalue weighted by molar-refractivity contribution is 0.0525. The van der Waals surface area contributed by atoms with E-state index < -0.39 is 5.97 Å². The van der Waals surface area contributed by atoms with Gasteiger partial charge in [0.05, 0.1) is 18.7 Å². The number of nitrogens with zero attached hydrogens (tertiary/aromatic N) is 2. The molecule has 1 rings (SSSR count). The minimum absolute atomic E-state index is 0.267. The second kappa shape index (κ2) is 4.51. The monoisotopic (exact) mass is 181 g/mol. The summed E-state index contributed by atoms with van der Waals surface area (Å²) in [6, 6.07) is 0. The maximum atomic E-state index is 11.1. The Kier molecular flexibility index (Phi) is 3.33. The largest absolute Gasteiger partial charge is 0.462 e. The topological polar surface area (TPSA) is 78.1 Å². The molecule has 0 saturated heterocycles. The molecule has 0 spiro atoms. The molecular weight excluding hydrogens is 170 g/mol. The third-order valence-corrected chi connectivity index (χ3v) is 1.40. The van der Waals surface area contributed by atoms with Crippen molar-refractivity contribution in [2.45, 2.75) is 13.5 Å². The third-order valence-electron chi connectivity index (χ3n) is 1.40. The number of hydrogen-bond acceptors (Lipinski definition) is 5. The van der Waals surface area contributed by atoms with Crippen LogP contribution < -0.4 is 5.73 Å². The highest BCUT2D eigenvalue weighted by Gasteiger charge is 2.06. The molecule has 5 nitrogen and oxygen atoms in total.